The minimum atomic E-state index is -0.0231. The normalized spacial score (nSPS) is 12.7. The summed E-state index contributed by atoms with van der Waals surface area (Å²) in [5, 5.41) is 8.01. The van der Waals surface area contributed by atoms with Crippen molar-refractivity contribution >= 4 is 0 Å². The first-order chi connectivity index (χ1) is 3.31. The highest BCUT2D eigenvalue weighted by Gasteiger charge is 1.93. The SMILES string of the molecule is [CH2]OC(C)CC#N. The lowest BCUT2D eigenvalue weighted by atomic mass is 10.3. The Morgan fingerprint density at radius 1 is 2.00 bits per heavy atom. The van der Waals surface area contributed by atoms with Crippen molar-refractivity contribution in [3.63, 3.8) is 0 Å². The highest BCUT2D eigenvalue weighted by Crippen LogP contribution is 1.91. The fourth-order valence-corrected chi connectivity index (χ4v) is 0.187. The van der Waals surface area contributed by atoms with Gasteiger partial charge in [0.05, 0.1) is 25.7 Å². The van der Waals surface area contributed by atoms with Crippen molar-refractivity contribution in [1.82, 2.24) is 0 Å². The quantitative estimate of drug-likeness (QED) is 0.518. The maximum absolute atomic E-state index is 8.01. The van der Waals surface area contributed by atoms with Gasteiger partial charge in [-0.1, -0.05) is 0 Å². The van der Waals surface area contributed by atoms with Gasteiger partial charge in [0.25, 0.3) is 0 Å². The lowest BCUT2D eigenvalue weighted by molar-refractivity contribution is 0.159. The Labute approximate surface area is 43.7 Å². The zero-order valence-electron chi connectivity index (χ0n) is 4.35. The first-order valence-corrected chi connectivity index (χ1v) is 2.09. The Bertz CT molecular complexity index is 74.6. The van der Waals surface area contributed by atoms with Crippen LogP contribution >= 0.6 is 0 Å². The van der Waals surface area contributed by atoms with Gasteiger partial charge in [-0.05, 0) is 6.92 Å². The molecular formula is C5H8NO. The second-order valence-corrected chi connectivity index (χ2v) is 1.34. The van der Waals surface area contributed by atoms with E-state index in [0.29, 0.717) is 6.42 Å². The monoisotopic (exact) mass is 98.1 g/mol. The van der Waals surface area contributed by atoms with Crippen LogP contribution in [0.15, 0.2) is 0 Å². The van der Waals surface area contributed by atoms with Gasteiger partial charge in [0.15, 0.2) is 0 Å². The van der Waals surface area contributed by atoms with Gasteiger partial charge in [-0.15, -0.1) is 0 Å². The minimum absolute atomic E-state index is 0.0231. The lowest BCUT2D eigenvalue weighted by Crippen LogP contribution is -1.99. The Morgan fingerprint density at radius 3 is 2.71 bits per heavy atom. The van der Waals surface area contributed by atoms with Crippen LogP contribution in [0.3, 0.4) is 0 Å². The van der Waals surface area contributed by atoms with Gasteiger partial charge in [-0.25, -0.2) is 0 Å². The number of nitrogens with zero attached hydrogens (tertiary/aromatic N) is 1. The van der Waals surface area contributed by atoms with Gasteiger partial charge in [-0.3, -0.25) is 0 Å². The Morgan fingerprint density at radius 2 is 2.57 bits per heavy atom. The van der Waals surface area contributed by atoms with E-state index in [9.17, 15) is 0 Å². The van der Waals surface area contributed by atoms with Crippen LogP contribution in [0.1, 0.15) is 13.3 Å². The van der Waals surface area contributed by atoms with Crippen LogP contribution in [0.5, 0.6) is 0 Å². The molecule has 0 amide bonds. The van der Waals surface area contributed by atoms with E-state index >= 15 is 0 Å². The molecule has 0 saturated carbocycles. The smallest absolute Gasteiger partial charge is 0.0704 e. The summed E-state index contributed by atoms with van der Waals surface area (Å²) in [4.78, 5) is 0. The molecule has 0 aliphatic rings. The number of ether oxygens (including phenoxy) is 1. The first-order valence-electron chi connectivity index (χ1n) is 2.09. The van der Waals surface area contributed by atoms with E-state index in [1.165, 1.54) is 0 Å². The second kappa shape index (κ2) is 3.63. The molecule has 1 atom stereocenters. The fourth-order valence-electron chi connectivity index (χ4n) is 0.187. The molecule has 2 nitrogen and oxygen atoms in total. The number of nitriles is 1. The van der Waals surface area contributed by atoms with Crippen molar-refractivity contribution in [2.45, 2.75) is 19.4 Å². The van der Waals surface area contributed by atoms with E-state index < -0.39 is 0 Å². The van der Waals surface area contributed by atoms with Crippen molar-refractivity contribution in [3.8, 4) is 6.07 Å². The summed E-state index contributed by atoms with van der Waals surface area (Å²) in [6.07, 6.45) is 0.397. The van der Waals surface area contributed by atoms with E-state index in [1.807, 2.05) is 6.07 Å². The van der Waals surface area contributed by atoms with E-state index in [-0.39, 0.29) is 6.10 Å². The molecule has 1 radical (unpaired) electrons. The third kappa shape index (κ3) is 3.28. The molecule has 0 fully saturated rings. The van der Waals surface area contributed by atoms with Crippen LogP contribution < -0.4 is 0 Å². The Hall–Kier alpha value is -0.550. The van der Waals surface area contributed by atoms with Gasteiger partial charge in [0.1, 0.15) is 0 Å². The molecule has 0 bridgehead atoms. The maximum atomic E-state index is 8.01. The summed E-state index contributed by atoms with van der Waals surface area (Å²) in [5.74, 6) is 0. The van der Waals surface area contributed by atoms with Crippen molar-refractivity contribution < 1.29 is 4.74 Å². The summed E-state index contributed by atoms with van der Waals surface area (Å²) >= 11 is 0. The highest BCUT2D eigenvalue weighted by atomic mass is 16.5. The summed E-state index contributed by atoms with van der Waals surface area (Å²) in [6, 6.07) is 1.95. The Kier molecular flexibility index (Phi) is 3.35. The molecule has 0 aromatic carbocycles. The van der Waals surface area contributed by atoms with E-state index in [4.69, 9.17) is 5.26 Å². The van der Waals surface area contributed by atoms with Crippen LogP contribution in [0, 0.1) is 18.4 Å². The van der Waals surface area contributed by atoms with Gasteiger partial charge < -0.3 is 4.74 Å². The van der Waals surface area contributed by atoms with Crippen LogP contribution in [-0.4, -0.2) is 6.10 Å². The number of hydrogen-bond donors (Lipinski definition) is 0. The average Bonchev–Trinajstić information content (AvgIpc) is 1.68. The van der Waals surface area contributed by atoms with Crippen molar-refractivity contribution in [3.05, 3.63) is 7.11 Å². The summed E-state index contributed by atoms with van der Waals surface area (Å²) in [6.45, 7) is 1.80. The number of hydrogen-bond acceptors (Lipinski definition) is 2. The molecule has 0 aliphatic carbocycles. The number of rotatable bonds is 2. The molecule has 2 heteroatoms. The van der Waals surface area contributed by atoms with Gasteiger partial charge in [-0.2, -0.15) is 5.26 Å². The minimum Gasteiger partial charge on any atom is -0.375 e. The molecule has 0 aromatic heterocycles. The molecule has 0 N–H and O–H groups in total. The van der Waals surface area contributed by atoms with Crippen molar-refractivity contribution in [2.24, 2.45) is 0 Å². The van der Waals surface area contributed by atoms with Gasteiger partial charge >= 0.3 is 0 Å². The molecule has 7 heavy (non-hydrogen) atoms. The fraction of sp³-hybridized carbons (Fsp3) is 0.600. The highest BCUT2D eigenvalue weighted by molar-refractivity contribution is 4.72. The largest absolute Gasteiger partial charge is 0.375 e. The third-order valence-corrected chi connectivity index (χ3v) is 0.663. The van der Waals surface area contributed by atoms with Crippen LogP contribution in [0.25, 0.3) is 0 Å². The lowest BCUT2D eigenvalue weighted by Gasteiger charge is -1.99. The zero-order valence-corrected chi connectivity index (χ0v) is 4.35. The van der Waals surface area contributed by atoms with Gasteiger partial charge in [0, 0.05) is 0 Å². The Balaban J connectivity index is 3.03. The molecular weight excluding hydrogens is 90.1 g/mol. The predicted octanol–water partition coefficient (Wildman–Crippen LogP) is 1.10. The molecule has 0 spiro atoms. The second-order valence-electron chi connectivity index (χ2n) is 1.34. The van der Waals surface area contributed by atoms with Gasteiger partial charge in [0.2, 0.25) is 0 Å². The topological polar surface area (TPSA) is 33.0 Å². The summed E-state index contributed by atoms with van der Waals surface area (Å²) < 4.78 is 4.52. The van der Waals surface area contributed by atoms with E-state index in [2.05, 4.69) is 11.8 Å². The van der Waals surface area contributed by atoms with E-state index in [1.54, 1.807) is 6.92 Å². The van der Waals surface area contributed by atoms with Crippen LogP contribution in [0.2, 0.25) is 0 Å². The predicted molar refractivity (Wildman–Crippen MR) is 26.1 cm³/mol. The standard InChI is InChI=1S/C5H8NO/c1-5(7-2)3-4-6/h5H,2-3H2,1H3. The zero-order chi connectivity index (χ0) is 5.70. The molecule has 0 aromatic rings. The van der Waals surface area contributed by atoms with Crippen molar-refractivity contribution in [1.29, 1.82) is 5.26 Å². The molecule has 39 valence electrons. The average molecular weight is 98.1 g/mol. The van der Waals surface area contributed by atoms with Crippen LogP contribution in [0.4, 0.5) is 0 Å². The molecule has 0 aliphatic heterocycles. The first kappa shape index (κ1) is 6.45. The summed E-state index contributed by atoms with van der Waals surface area (Å²) in [5.41, 5.74) is 0. The third-order valence-electron chi connectivity index (χ3n) is 0.663. The van der Waals surface area contributed by atoms with Crippen LogP contribution in [-0.2, 0) is 4.74 Å². The molecule has 0 saturated heterocycles. The van der Waals surface area contributed by atoms with E-state index in [0.717, 1.165) is 0 Å². The molecule has 0 rings (SSSR count). The molecule has 1 unspecified atom stereocenters. The van der Waals surface area contributed by atoms with Crippen molar-refractivity contribution in [2.75, 3.05) is 0 Å². The summed E-state index contributed by atoms with van der Waals surface area (Å²) in [7, 11) is 3.15. The molecule has 0 heterocycles. The maximum Gasteiger partial charge on any atom is 0.0704 e.